The van der Waals surface area contributed by atoms with Crippen LogP contribution in [0.25, 0.3) is 22.6 Å². The lowest BCUT2D eigenvalue weighted by Crippen LogP contribution is -2.27. The Morgan fingerprint density at radius 3 is 2.46 bits per heavy atom. The first-order valence-electron chi connectivity index (χ1n) is 12.4. The third-order valence-electron chi connectivity index (χ3n) is 6.25. The largest absolute Gasteiger partial charge is 0.482 e. The molecular formula is C30H28N2O5. The van der Waals surface area contributed by atoms with Gasteiger partial charge in [0.05, 0.1) is 6.61 Å². The number of likely N-dealkylation sites (tertiary alicyclic amines) is 1. The van der Waals surface area contributed by atoms with E-state index in [4.69, 9.17) is 18.9 Å². The van der Waals surface area contributed by atoms with E-state index in [2.05, 4.69) is 0 Å². The number of amides is 1. The van der Waals surface area contributed by atoms with Gasteiger partial charge in [0, 0.05) is 24.1 Å². The highest BCUT2D eigenvalue weighted by Gasteiger charge is 2.36. The molecule has 2 heterocycles. The van der Waals surface area contributed by atoms with Crippen molar-refractivity contribution in [3.63, 3.8) is 0 Å². The maximum atomic E-state index is 12.9. The van der Waals surface area contributed by atoms with E-state index in [1.54, 1.807) is 17.9 Å². The van der Waals surface area contributed by atoms with Gasteiger partial charge in [-0.3, -0.25) is 4.79 Å². The topological polar surface area (TPSA) is 81.9 Å². The average Bonchev–Trinajstić information content (AvgIpc) is 3.53. The number of ether oxygens (including phenoxy) is 2. The average molecular weight is 497 g/mol. The van der Waals surface area contributed by atoms with Crippen molar-refractivity contribution in [3.8, 4) is 28.3 Å². The van der Waals surface area contributed by atoms with Gasteiger partial charge in [0.15, 0.2) is 12.4 Å². The second kappa shape index (κ2) is 11.1. The first-order valence-corrected chi connectivity index (χ1v) is 12.4. The van der Waals surface area contributed by atoms with Gasteiger partial charge in [0.1, 0.15) is 17.5 Å². The van der Waals surface area contributed by atoms with Crippen LogP contribution in [0.2, 0.25) is 0 Å². The zero-order valence-corrected chi connectivity index (χ0v) is 20.6. The molecule has 37 heavy (non-hydrogen) atoms. The molecule has 0 saturated carbocycles. The van der Waals surface area contributed by atoms with E-state index in [9.17, 15) is 9.59 Å². The van der Waals surface area contributed by atoms with Gasteiger partial charge < -0.3 is 18.8 Å². The number of carbonyl (C=O) groups is 2. The molecule has 1 fully saturated rings. The highest BCUT2D eigenvalue weighted by molar-refractivity contribution is 5.80. The van der Waals surface area contributed by atoms with Gasteiger partial charge in [-0.15, -0.1) is 0 Å². The number of esters is 1. The third-order valence-corrected chi connectivity index (χ3v) is 6.25. The van der Waals surface area contributed by atoms with Crippen molar-refractivity contribution in [2.75, 3.05) is 13.2 Å². The van der Waals surface area contributed by atoms with Crippen LogP contribution in [0.5, 0.6) is 5.75 Å². The van der Waals surface area contributed by atoms with E-state index in [0.717, 1.165) is 22.4 Å². The maximum absolute atomic E-state index is 12.9. The molecule has 1 unspecified atom stereocenters. The first-order chi connectivity index (χ1) is 18.1. The molecule has 1 aliphatic rings. The van der Waals surface area contributed by atoms with E-state index < -0.39 is 5.97 Å². The minimum absolute atomic E-state index is 0.0450. The fourth-order valence-corrected chi connectivity index (χ4v) is 4.52. The van der Waals surface area contributed by atoms with Crippen molar-refractivity contribution in [2.45, 2.75) is 32.4 Å². The van der Waals surface area contributed by atoms with E-state index in [-0.39, 0.29) is 18.6 Å². The molecular weight excluding hydrogens is 468 g/mol. The van der Waals surface area contributed by atoms with Gasteiger partial charge in [0.25, 0.3) is 0 Å². The number of rotatable bonds is 9. The molecule has 0 aliphatic carbocycles. The Labute approximate surface area is 215 Å². The van der Waals surface area contributed by atoms with Crippen LogP contribution in [-0.4, -0.2) is 35.0 Å². The van der Waals surface area contributed by atoms with Crippen molar-refractivity contribution in [1.29, 1.82) is 0 Å². The predicted octanol–water partition coefficient (Wildman–Crippen LogP) is 5.81. The zero-order chi connectivity index (χ0) is 25.6. The molecule has 1 aromatic heterocycles. The number of oxazole rings is 1. The Kier molecular flexibility index (Phi) is 7.31. The molecule has 1 aliphatic heterocycles. The lowest BCUT2D eigenvalue weighted by Gasteiger charge is -2.23. The second-order valence-corrected chi connectivity index (χ2v) is 8.78. The highest BCUT2D eigenvalue weighted by atomic mass is 16.6. The van der Waals surface area contributed by atoms with Crippen LogP contribution in [0.1, 0.15) is 37.3 Å². The Balaban J connectivity index is 1.41. The molecule has 4 aromatic rings. The summed E-state index contributed by atoms with van der Waals surface area (Å²) in [6.07, 6.45) is 1.05. The van der Waals surface area contributed by atoms with E-state index in [0.29, 0.717) is 43.4 Å². The van der Waals surface area contributed by atoms with E-state index >= 15 is 0 Å². The van der Waals surface area contributed by atoms with Crippen LogP contribution in [0.3, 0.4) is 0 Å². The van der Waals surface area contributed by atoms with Crippen LogP contribution in [0.4, 0.5) is 0 Å². The molecule has 1 amide bonds. The van der Waals surface area contributed by atoms with Crippen LogP contribution in [-0.2, 0) is 20.9 Å². The van der Waals surface area contributed by atoms with Crippen molar-refractivity contribution < 1.29 is 23.5 Å². The summed E-state index contributed by atoms with van der Waals surface area (Å²) < 4.78 is 16.9. The molecule has 0 radical (unpaired) electrons. The minimum Gasteiger partial charge on any atom is -0.482 e. The van der Waals surface area contributed by atoms with Crippen molar-refractivity contribution in [3.05, 3.63) is 96.4 Å². The third kappa shape index (κ3) is 5.56. The fraction of sp³-hybridized carbons (Fsp3) is 0.233. The first kappa shape index (κ1) is 24.3. The number of carbonyl (C=O) groups excluding carboxylic acids is 2. The summed E-state index contributed by atoms with van der Waals surface area (Å²) in [5.74, 6) is 1.38. The smallest absolute Gasteiger partial charge is 0.344 e. The van der Waals surface area contributed by atoms with Gasteiger partial charge in [-0.05, 0) is 31.0 Å². The standard InChI is InChI=1S/C30H28N2O5/c1-2-35-27(34)20-36-24-15-9-10-21(18-24)19-32-25(16-17-26(32)33)30-31-28(22-11-5-3-6-12-22)29(37-30)23-13-7-4-8-14-23/h3-15,18,25H,2,16-17,19-20H2,1H3. The fourth-order valence-electron chi connectivity index (χ4n) is 4.52. The Morgan fingerprint density at radius 1 is 1.00 bits per heavy atom. The van der Waals surface area contributed by atoms with Gasteiger partial charge in [0.2, 0.25) is 11.8 Å². The van der Waals surface area contributed by atoms with Gasteiger partial charge in [-0.25, -0.2) is 9.78 Å². The molecule has 7 nitrogen and oxygen atoms in total. The number of benzene rings is 3. The SMILES string of the molecule is CCOC(=O)COc1cccc(CN2C(=O)CCC2c2nc(-c3ccccc3)c(-c3ccccc3)o2)c1. The molecule has 1 saturated heterocycles. The Hall–Kier alpha value is -4.39. The summed E-state index contributed by atoms with van der Waals surface area (Å²) >= 11 is 0. The molecule has 7 heteroatoms. The summed E-state index contributed by atoms with van der Waals surface area (Å²) in [6.45, 7) is 2.27. The van der Waals surface area contributed by atoms with Crippen LogP contribution >= 0.6 is 0 Å². The Bertz CT molecular complexity index is 1310. The normalized spacial score (nSPS) is 15.1. The predicted molar refractivity (Wildman–Crippen MR) is 138 cm³/mol. The molecule has 1 atom stereocenters. The van der Waals surface area contributed by atoms with Gasteiger partial charge >= 0.3 is 5.97 Å². The summed E-state index contributed by atoms with van der Waals surface area (Å²) in [4.78, 5) is 31.3. The lowest BCUT2D eigenvalue weighted by molar-refractivity contribution is -0.145. The van der Waals surface area contributed by atoms with Crippen molar-refractivity contribution in [2.24, 2.45) is 0 Å². The van der Waals surface area contributed by atoms with Crippen molar-refractivity contribution >= 4 is 11.9 Å². The molecule has 0 spiro atoms. The highest BCUT2D eigenvalue weighted by Crippen LogP contribution is 2.39. The molecule has 0 bridgehead atoms. The summed E-state index contributed by atoms with van der Waals surface area (Å²) in [5.41, 5.74) is 3.54. The quantitative estimate of drug-likeness (QED) is 0.272. The number of hydrogen-bond acceptors (Lipinski definition) is 6. The molecule has 188 valence electrons. The van der Waals surface area contributed by atoms with E-state index in [1.165, 1.54) is 0 Å². The molecule has 5 rings (SSSR count). The number of aromatic nitrogens is 1. The van der Waals surface area contributed by atoms with Crippen LogP contribution in [0, 0.1) is 0 Å². The zero-order valence-electron chi connectivity index (χ0n) is 20.6. The molecule has 3 aromatic carbocycles. The second-order valence-electron chi connectivity index (χ2n) is 8.78. The minimum atomic E-state index is -0.421. The summed E-state index contributed by atoms with van der Waals surface area (Å²) in [6, 6.07) is 26.9. The molecule has 0 N–H and O–H groups in total. The number of nitrogens with zero attached hydrogens (tertiary/aromatic N) is 2. The van der Waals surface area contributed by atoms with Crippen molar-refractivity contribution in [1.82, 2.24) is 9.88 Å². The lowest BCUT2D eigenvalue weighted by atomic mass is 10.1. The maximum Gasteiger partial charge on any atom is 0.344 e. The van der Waals surface area contributed by atoms with Gasteiger partial charge in [-0.2, -0.15) is 0 Å². The monoisotopic (exact) mass is 496 g/mol. The summed E-state index contributed by atoms with van der Waals surface area (Å²) in [5, 5.41) is 0. The van der Waals surface area contributed by atoms with Crippen LogP contribution in [0.15, 0.2) is 89.3 Å². The Morgan fingerprint density at radius 2 is 1.73 bits per heavy atom. The summed E-state index contributed by atoms with van der Waals surface area (Å²) in [7, 11) is 0. The van der Waals surface area contributed by atoms with Crippen LogP contribution < -0.4 is 4.74 Å². The van der Waals surface area contributed by atoms with E-state index in [1.807, 2.05) is 78.9 Å². The van der Waals surface area contributed by atoms with Gasteiger partial charge in [-0.1, -0.05) is 72.8 Å². The number of hydrogen-bond donors (Lipinski definition) is 0.